The molecule has 2 aromatic rings. The van der Waals surface area contributed by atoms with Crippen LogP contribution in [0, 0.1) is 18.2 Å². The molecule has 154 valence electrons. The minimum Gasteiger partial charge on any atom is -0.493 e. The summed E-state index contributed by atoms with van der Waals surface area (Å²) in [5.74, 6) is -0.773. The zero-order valence-electron chi connectivity index (χ0n) is 16.3. The van der Waals surface area contributed by atoms with Gasteiger partial charge in [-0.25, -0.2) is 4.39 Å². The Morgan fingerprint density at radius 3 is 2.72 bits per heavy atom. The molecule has 2 aromatic carbocycles. The summed E-state index contributed by atoms with van der Waals surface area (Å²) >= 11 is 6.06. The van der Waals surface area contributed by atoms with E-state index >= 15 is 0 Å². The first-order valence-corrected chi connectivity index (χ1v) is 9.88. The first-order valence-electron chi connectivity index (χ1n) is 9.51. The predicted octanol–water partition coefficient (Wildman–Crippen LogP) is 3.96. The van der Waals surface area contributed by atoms with Crippen LogP contribution in [0.15, 0.2) is 42.5 Å². The van der Waals surface area contributed by atoms with Crippen molar-refractivity contribution in [2.45, 2.75) is 26.2 Å². The van der Waals surface area contributed by atoms with E-state index in [0.29, 0.717) is 30.2 Å². The number of benzene rings is 2. The van der Waals surface area contributed by atoms with E-state index in [1.54, 1.807) is 29.2 Å². The van der Waals surface area contributed by atoms with Crippen molar-refractivity contribution in [3.63, 3.8) is 0 Å². The van der Waals surface area contributed by atoms with Crippen molar-refractivity contribution in [1.29, 1.82) is 0 Å². The SMILES string of the molecule is Cc1cc(OC[C@@]2(CC(N)=O)CCCN(C(=O)c3ccccc3F)C2)ccc1Cl. The van der Waals surface area contributed by atoms with Crippen LogP contribution in [0.25, 0.3) is 0 Å². The lowest BCUT2D eigenvalue weighted by molar-refractivity contribution is -0.122. The number of hydrogen-bond acceptors (Lipinski definition) is 3. The predicted molar refractivity (Wildman–Crippen MR) is 109 cm³/mol. The number of hydrogen-bond donors (Lipinski definition) is 1. The molecule has 0 aromatic heterocycles. The second kappa shape index (κ2) is 8.82. The first kappa shape index (κ1) is 21.1. The number of amides is 2. The van der Waals surface area contributed by atoms with Crippen molar-refractivity contribution in [2.75, 3.05) is 19.7 Å². The van der Waals surface area contributed by atoms with Crippen molar-refractivity contribution in [1.82, 2.24) is 4.90 Å². The van der Waals surface area contributed by atoms with Gasteiger partial charge < -0.3 is 15.4 Å². The smallest absolute Gasteiger partial charge is 0.256 e. The number of piperidine rings is 1. The summed E-state index contributed by atoms with van der Waals surface area (Å²) in [6, 6.07) is 11.2. The Bertz CT molecular complexity index is 921. The number of halogens is 2. The molecule has 0 bridgehead atoms. The summed E-state index contributed by atoms with van der Waals surface area (Å²) in [5.41, 5.74) is 5.78. The topological polar surface area (TPSA) is 72.6 Å². The molecule has 3 rings (SSSR count). The second-order valence-electron chi connectivity index (χ2n) is 7.65. The number of ether oxygens (including phenoxy) is 1. The molecule has 0 unspecified atom stereocenters. The van der Waals surface area contributed by atoms with E-state index in [-0.39, 0.29) is 31.0 Å². The zero-order chi connectivity index (χ0) is 21.0. The maximum Gasteiger partial charge on any atom is 0.256 e. The maximum atomic E-state index is 14.1. The maximum absolute atomic E-state index is 14.1. The van der Waals surface area contributed by atoms with E-state index in [0.717, 1.165) is 5.56 Å². The van der Waals surface area contributed by atoms with Crippen LogP contribution in [-0.2, 0) is 4.79 Å². The molecule has 1 saturated heterocycles. The molecule has 7 heteroatoms. The fraction of sp³-hybridized carbons (Fsp3) is 0.364. The lowest BCUT2D eigenvalue weighted by atomic mass is 9.77. The quantitative estimate of drug-likeness (QED) is 0.771. The van der Waals surface area contributed by atoms with E-state index in [4.69, 9.17) is 22.1 Å². The molecular weight excluding hydrogens is 395 g/mol. The lowest BCUT2D eigenvalue weighted by Crippen LogP contribution is -2.50. The van der Waals surface area contributed by atoms with Gasteiger partial charge in [-0.1, -0.05) is 23.7 Å². The average Bonchev–Trinajstić information content (AvgIpc) is 2.68. The number of nitrogens with zero attached hydrogens (tertiary/aromatic N) is 1. The molecule has 29 heavy (non-hydrogen) atoms. The minimum absolute atomic E-state index is 0.0246. The highest BCUT2D eigenvalue weighted by Gasteiger charge is 2.40. The van der Waals surface area contributed by atoms with Gasteiger partial charge in [0.05, 0.1) is 12.2 Å². The molecule has 0 spiro atoms. The van der Waals surface area contributed by atoms with Gasteiger partial charge in [-0.05, 0) is 55.7 Å². The second-order valence-corrected chi connectivity index (χ2v) is 8.06. The van der Waals surface area contributed by atoms with Gasteiger partial charge in [0.2, 0.25) is 5.91 Å². The molecular formula is C22H24ClFN2O3. The highest BCUT2D eigenvalue weighted by Crippen LogP contribution is 2.35. The Balaban J connectivity index is 1.79. The molecule has 0 aliphatic carbocycles. The molecule has 1 heterocycles. The summed E-state index contributed by atoms with van der Waals surface area (Å²) in [5, 5.41) is 0.642. The Labute approximate surface area is 174 Å². The fourth-order valence-electron chi connectivity index (χ4n) is 3.81. The molecule has 0 saturated carbocycles. The monoisotopic (exact) mass is 418 g/mol. The number of carbonyl (C=O) groups excluding carboxylic acids is 2. The van der Waals surface area contributed by atoms with Gasteiger partial charge in [-0.2, -0.15) is 0 Å². The summed E-state index contributed by atoms with van der Waals surface area (Å²) in [6.45, 7) is 2.87. The Morgan fingerprint density at radius 2 is 2.03 bits per heavy atom. The number of likely N-dealkylation sites (tertiary alicyclic amines) is 1. The van der Waals surface area contributed by atoms with Crippen LogP contribution in [0.4, 0.5) is 4.39 Å². The third-order valence-corrected chi connectivity index (χ3v) is 5.70. The third-order valence-electron chi connectivity index (χ3n) is 5.28. The third kappa shape index (κ3) is 5.07. The molecule has 1 aliphatic rings. The van der Waals surface area contributed by atoms with Crippen LogP contribution in [0.3, 0.4) is 0 Å². The van der Waals surface area contributed by atoms with Crippen LogP contribution in [-0.4, -0.2) is 36.4 Å². The van der Waals surface area contributed by atoms with E-state index < -0.39 is 17.1 Å². The van der Waals surface area contributed by atoms with E-state index in [9.17, 15) is 14.0 Å². The molecule has 2 N–H and O–H groups in total. The van der Waals surface area contributed by atoms with Crippen LogP contribution in [0.1, 0.15) is 35.2 Å². The van der Waals surface area contributed by atoms with Crippen LogP contribution < -0.4 is 10.5 Å². The number of nitrogens with two attached hydrogens (primary N) is 1. The number of aryl methyl sites for hydroxylation is 1. The van der Waals surface area contributed by atoms with Gasteiger partial charge in [-0.3, -0.25) is 9.59 Å². The fourth-order valence-corrected chi connectivity index (χ4v) is 3.93. The molecule has 0 radical (unpaired) electrons. The summed E-state index contributed by atoms with van der Waals surface area (Å²) < 4.78 is 20.0. The summed E-state index contributed by atoms with van der Waals surface area (Å²) in [6.07, 6.45) is 1.45. The largest absolute Gasteiger partial charge is 0.493 e. The molecule has 1 fully saturated rings. The van der Waals surface area contributed by atoms with Crippen LogP contribution in [0.5, 0.6) is 5.75 Å². The van der Waals surface area contributed by atoms with E-state index in [1.165, 1.54) is 12.1 Å². The van der Waals surface area contributed by atoms with Crippen molar-refractivity contribution in [3.05, 3.63) is 64.4 Å². The van der Waals surface area contributed by atoms with Crippen LogP contribution in [0.2, 0.25) is 5.02 Å². The van der Waals surface area contributed by atoms with Crippen molar-refractivity contribution in [3.8, 4) is 5.75 Å². The number of rotatable bonds is 6. The van der Waals surface area contributed by atoms with Crippen molar-refractivity contribution in [2.24, 2.45) is 11.1 Å². The van der Waals surface area contributed by atoms with Gasteiger partial charge in [0.25, 0.3) is 5.91 Å². The van der Waals surface area contributed by atoms with Gasteiger partial charge >= 0.3 is 0 Å². The summed E-state index contributed by atoms with van der Waals surface area (Å²) in [4.78, 5) is 26.2. The van der Waals surface area contributed by atoms with Gasteiger partial charge in [0.1, 0.15) is 11.6 Å². The Hall–Kier alpha value is -2.60. The molecule has 5 nitrogen and oxygen atoms in total. The Morgan fingerprint density at radius 1 is 1.28 bits per heavy atom. The average molecular weight is 419 g/mol. The van der Waals surface area contributed by atoms with Crippen molar-refractivity contribution >= 4 is 23.4 Å². The minimum atomic E-state index is -0.626. The molecule has 1 atom stereocenters. The normalized spacial score (nSPS) is 19.1. The lowest BCUT2D eigenvalue weighted by Gasteiger charge is -2.42. The Kier molecular flexibility index (Phi) is 6.42. The molecule has 1 aliphatic heterocycles. The van der Waals surface area contributed by atoms with Gasteiger partial charge in [-0.15, -0.1) is 0 Å². The number of primary amides is 1. The number of carbonyl (C=O) groups is 2. The highest BCUT2D eigenvalue weighted by atomic mass is 35.5. The van der Waals surface area contributed by atoms with E-state index in [2.05, 4.69) is 0 Å². The van der Waals surface area contributed by atoms with Crippen LogP contribution >= 0.6 is 11.6 Å². The van der Waals surface area contributed by atoms with E-state index in [1.807, 2.05) is 13.0 Å². The summed E-state index contributed by atoms with van der Waals surface area (Å²) in [7, 11) is 0. The zero-order valence-corrected chi connectivity index (χ0v) is 17.0. The van der Waals surface area contributed by atoms with Crippen molar-refractivity contribution < 1.29 is 18.7 Å². The van der Waals surface area contributed by atoms with Gasteiger partial charge in [0.15, 0.2) is 0 Å². The first-order chi connectivity index (χ1) is 13.8. The standard InChI is InChI=1S/C22H24ClFN2O3/c1-15-11-16(7-8-18(15)23)29-14-22(12-20(25)27)9-4-10-26(13-22)21(28)17-5-2-3-6-19(17)24/h2-3,5-8,11H,4,9-10,12-14H2,1H3,(H2,25,27)/t22-/m1/s1. The highest BCUT2D eigenvalue weighted by molar-refractivity contribution is 6.31. The molecule has 2 amide bonds. The van der Waals surface area contributed by atoms with Gasteiger partial charge in [0, 0.05) is 29.9 Å².